The molecule has 3 atom stereocenters. The van der Waals surface area contributed by atoms with Gasteiger partial charge in [0.15, 0.2) is 17.5 Å². The molecular formula is C18H20N8O7S2. The molecule has 186 valence electrons. The van der Waals surface area contributed by atoms with Crippen LogP contribution in [0.2, 0.25) is 0 Å². The summed E-state index contributed by atoms with van der Waals surface area (Å²) < 4.78 is 12.8. The Morgan fingerprint density at radius 2 is 1.74 bits per heavy atom. The Bertz CT molecular complexity index is 1640. The van der Waals surface area contributed by atoms with Crippen LogP contribution in [0.15, 0.2) is 19.2 Å². The molecule has 5 rings (SSSR count). The molecule has 1 fully saturated rings. The molecule has 0 radical (unpaired) electrons. The second kappa shape index (κ2) is 9.43. The van der Waals surface area contributed by atoms with Gasteiger partial charge in [0.2, 0.25) is 11.9 Å². The monoisotopic (exact) mass is 524 g/mol. The Morgan fingerprint density at radius 1 is 1.09 bits per heavy atom. The van der Waals surface area contributed by atoms with Gasteiger partial charge in [-0.3, -0.25) is 43.5 Å². The third kappa shape index (κ3) is 4.86. The van der Waals surface area contributed by atoms with Gasteiger partial charge in [-0.1, -0.05) is 29.6 Å². The summed E-state index contributed by atoms with van der Waals surface area (Å²) in [5.41, 5.74) is 10.3. The Hall–Kier alpha value is -3.83. The zero-order chi connectivity index (χ0) is 25.4. The summed E-state index contributed by atoms with van der Waals surface area (Å²) in [6.07, 6.45) is -0.399. The van der Waals surface area contributed by atoms with Gasteiger partial charge in [0.25, 0.3) is 11.1 Å². The largest absolute Gasteiger partial charge is 0.458 e. The van der Waals surface area contributed by atoms with Crippen molar-refractivity contribution in [2.45, 2.75) is 45.1 Å². The molecule has 0 aromatic carbocycles. The van der Waals surface area contributed by atoms with Crippen LogP contribution in [0.25, 0.3) is 20.7 Å². The van der Waals surface area contributed by atoms with Crippen molar-refractivity contribution in [3.8, 4) is 0 Å². The molecule has 4 aromatic heterocycles. The van der Waals surface area contributed by atoms with Gasteiger partial charge in [0, 0.05) is 13.3 Å². The minimum absolute atomic E-state index is 0.00144. The first-order chi connectivity index (χ1) is 16.6. The number of esters is 1. The number of aromatic nitrogens is 6. The summed E-state index contributed by atoms with van der Waals surface area (Å²) in [7, 11) is 0. The minimum Gasteiger partial charge on any atom is -0.458 e. The number of hydrogen-bond acceptors (Lipinski definition) is 13. The molecular weight excluding hydrogens is 504 g/mol. The zero-order valence-corrected chi connectivity index (χ0v) is 19.9. The van der Waals surface area contributed by atoms with Crippen molar-refractivity contribution in [3.05, 3.63) is 40.0 Å². The van der Waals surface area contributed by atoms with Crippen LogP contribution in [0.3, 0.4) is 0 Å². The lowest BCUT2D eigenvalue weighted by Gasteiger charge is -2.19. The fraction of sp³-hybridized carbons (Fsp3) is 0.389. The first-order valence-electron chi connectivity index (χ1n) is 10.2. The lowest BCUT2D eigenvalue weighted by atomic mass is 10.1. The number of H-pyrrole nitrogens is 3. The normalized spacial score (nSPS) is 19.5. The van der Waals surface area contributed by atoms with Gasteiger partial charge in [-0.25, -0.2) is 0 Å². The zero-order valence-electron chi connectivity index (χ0n) is 18.3. The maximum atomic E-state index is 12.3. The molecule has 0 aliphatic carbocycles. The lowest BCUT2D eigenvalue weighted by molar-refractivity contribution is -0.152. The summed E-state index contributed by atoms with van der Waals surface area (Å²) in [4.78, 5) is 71.5. The first kappa shape index (κ1) is 24.3. The predicted octanol–water partition coefficient (Wildman–Crippen LogP) is -0.387. The number of anilines is 2. The number of aromatic amines is 3. The highest BCUT2D eigenvalue weighted by Gasteiger charge is 2.40. The average Bonchev–Trinajstić information content (AvgIpc) is 3.42. The molecule has 0 unspecified atom stereocenters. The van der Waals surface area contributed by atoms with E-state index in [0.717, 1.165) is 22.7 Å². The topological polar surface area (TPSA) is 234 Å². The van der Waals surface area contributed by atoms with Gasteiger partial charge in [-0.05, 0) is 6.42 Å². The van der Waals surface area contributed by atoms with Gasteiger partial charge in [0.05, 0.1) is 6.10 Å². The number of nitrogens with zero attached hydrogens (tertiary/aromatic N) is 3. The second-order valence-electron chi connectivity index (χ2n) is 7.43. The molecule has 5 heterocycles. The summed E-state index contributed by atoms with van der Waals surface area (Å²) in [6, 6.07) is 0. The maximum Gasteiger partial charge on any atom is 0.311 e. The SMILES string of the molecule is CC[C@@H]1C[C@@H](OC(C)=O)[C@H](n2c(=O)sc3c(=O)[nH]c(N)nc32)O1.Nc1nc2[nH]c(=O)sc2c(=O)[nH]1. The maximum absolute atomic E-state index is 12.3. The summed E-state index contributed by atoms with van der Waals surface area (Å²) in [5, 5.41) is 0. The van der Waals surface area contributed by atoms with E-state index in [-0.39, 0.29) is 49.1 Å². The summed E-state index contributed by atoms with van der Waals surface area (Å²) in [6.45, 7) is 3.24. The number of thiazole rings is 2. The third-order valence-corrected chi connectivity index (χ3v) is 6.79. The number of carbonyl (C=O) groups is 1. The standard InChI is InChI=1S/C13H16N4O5S.C5H4N4O2S/c1-3-6-4-7(21-5(2)18)11(22-6)17-9-8(23-13(17)20)10(19)16-12(14)15-9;6-4-7-2-1(3(10)9-4)12-5(11)8-2/h6-7,11H,3-4H2,1-2H3,(H3,14,15,16,19);(H4,6,7,8,9,10,11)/t6-,7-,11-;/m1./s1. The highest BCUT2D eigenvalue weighted by molar-refractivity contribution is 7.16. The van der Waals surface area contributed by atoms with E-state index in [4.69, 9.17) is 20.9 Å². The highest BCUT2D eigenvalue weighted by Crippen LogP contribution is 2.34. The smallest absolute Gasteiger partial charge is 0.311 e. The molecule has 0 spiro atoms. The van der Waals surface area contributed by atoms with E-state index in [2.05, 4.69) is 24.9 Å². The Balaban J connectivity index is 0.000000201. The molecule has 4 aromatic rings. The van der Waals surface area contributed by atoms with Crippen molar-refractivity contribution in [1.82, 2.24) is 29.5 Å². The van der Waals surface area contributed by atoms with Gasteiger partial charge < -0.3 is 20.9 Å². The number of nitrogen functional groups attached to an aromatic ring is 2. The van der Waals surface area contributed by atoms with Crippen LogP contribution in [0.1, 0.15) is 32.9 Å². The quantitative estimate of drug-likeness (QED) is 0.216. The van der Waals surface area contributed by atoms with Gasteiger partial charge in [0.1, 0.15) is 15.5 Å². The highest BCUT2D eigenvalue weighted by atomic mass is 32.1. The molecule has 0 saturated carbocycles. The molecule has 15 nitrogen and oxygen atoms in total. The van der Waals surface area contributed by atoms with Crippen LogP contribution in [-0.4, -0.2) is 47.7 Å². The predicted molar refractivity (Wildman–Crippen MR) is 129 cm³/mol. The van der Waals surface area contributed by atoms with Crippen molar-refractivity contribution in [2.75, 3.05) is 11.5 Å². The average molecular weight is 525 g/mol. The van der Waals surface area contributed by atoms with Crippen LogP contribution in [0, 0.1) is 0 Å². The number of ether oxygens (including phenoxy) is 2. The van der Waals surface area contributed by atoms with Gasteiger partial charge in [-0.15, -0.1) is 0 Å². The van der Waals surface area contributed by atoms with Crippen molar-refractivity contribution < 1.29 is 14.3 Å². The lowest BCUT2D eigenvalue weighted by Crippen LogP contribution is -2.30. The van der Waals surface area contributed by atoms with E-state index in [9.17, 15) is 24.0 Å². The van der Waals surface area contributed by atoms with Crippen LogP contribution in [0.4, 0.5) is 11.9 Å². The van der Waals surface area contributed by atoms with Crippen LogP contribution >= 0.6 is 22.7 Å². The van der Waals surface area contributed by atoms with E-state index >= 15 is 0 Å². The van der Waals surface area contributed by atoms with Crippen molar-refractivity contribution >= 4 is 61.2 Å². The Morgan fingerprint density at radius 3 is 2.40 bits per heavy atom. The van der Waals surface area contributed by atoms with E-state index in [0.29, 0.717) is 12.8 Å². The van der Waals surface area contributed by atoms with Crippen LogP contribution in [-0.2, 0) is 14.3 Å². The van der Waals surface area contributed by atoms with E-state index in [1.807, 2.05) is 6.92 Å². The number of rotatable bonds is 3. The van der Waals surface area contributed by atoms with E-state index in [1.165, 1.54) is 11.5 Å². The molecule has 1 saturated heterocycles. The fourth-order valence-corrected chi connectivity index (χ4v) is 5.08. The molecule has 7 N–H and O–H groups in total. The van der Waals surface area contributed by atoms with Gasteiger partial charge >= 0.3 is 15.7 Å². The molecule has 0 bridgehead atoms. The molecule has 35 heavy (non-hydrogen) atoms. The number of carbonyl (C=O) groups excluding carboxylic acids is 1. The Kier molecular flexibility index (Phi) is 6.55. The summed E-state index contributed by atoms with van der Waals surface area (Å²) in [5.74, 6) is -0.553. The Labute approximate surface area is 201 Å². The molecule has 1 aliphatic rings. The molecule has 17 heteroatoms. The second-order valence-corrected chi connectivity index (χ2v) is 9.37. The fourth-order valence-electron chi connectivity index (χ4n) is 3.57. The van der Waals surface area contributed by atoms with Crippen LogP contribution in [0.5, 0.6) is 0 Å². The van der Waals surface area contributed by atoms with E-state index in [1.54, 1.807) is 0 Å². The minimum atomic E-state index is -0.821. The first-order valence-corrected chi connectivity index (χ1v) is 11.8. The molecule has 1 aliphatic heterocycles. The van der Waals surface area contributed by atoms with Gasteiger partial charge in [-0.2, -0.15) is 9.97 Å². The number of fused-ring (bicyclic) bond motifs is 2. The number of nitrogens with one attached hydrogen (secondary N) is 3. The van der Waals surface area contributed by atoms with Crippen molar-refractivity contribution in [3.63, 3.8) is 0 Å². The third-order valence-electron chi connectivity index (χ3n) is 4.97. The number of hydrogen-bond donors (Lipinski definition) is 5. The van der Waals surface area contributed by atoms with Crippen molar-refractivity contribution in [2.24, 2.45) is 0 Å². The number of nitrogens with two attached hydrogens (primary N) is 2. The van der Waals surface area contributed by atoms with E-state index < -0.39 is 28.7 Å². The molecule has 0 amide bonds. The summed E-state index contributed by atoms with van der Waals surface area (Å²) >= 11 is 1.57. The van der Waals surface area contributed by atoms with Crippen molar-refractivity contribution in [1.29, 1.82) is 0 Å². The van der Waals surface area contributed by atoms with Crippen LogP contribution < -0.4 is 32.3 Å².